The highest BCUT2D eigenvalue weighted by molar-refractivity contribution is 5.92. The first-order chi connectivity index (χ1) is 14.7. The number of carbonyl (C=O) groups is 1. The SMILES string of the molecule is COc1cccc(OCCn2c(CNC(=O)c3ccccn3)nc3ccccc32)c1. The molecular weight excluding hydrogens is 380 g/mol. The Morgan fingerprint density at radius 2 is 1.87 bits per heavy atom. The van der Waals surface area contributed by atoms with E-state index >= 15 is 0 Å². The number of benzene rings is 2. The second kappa shape index (κ2) is 9.09. The van der Waals surface area contributed by atoms with Gasteiger partial charge in [-0.3, -0.25) is 9.78 Å². The normalized spacial score (nSPS) is 10.7. The number of nitrogens with zero attached hydrogens (tertiary/aromatic N) is 3. The van der Waals surface area contributed by atoms with E-state index in [4.69, 9.17) is 9.47 Å². The molecule has 0 spiro atoms. The highest BCUT2D eigenvalue weighted by Gasteiger charge is 2.13. The summed E-state index contributed by atoms with van der Waals surface area (Å²) in [5.74, 6) is 2.01. The zero-order valence-corrected chi connectivity index (χ0v) is 16.6. The van der Waals surface area contributed by atoms with Crippen LogP contribution in [0.4, 0.5) is 0 Å². The first kappa shape index (κ1) is 19.4. The third-order valence-electron chi connectivity index (χ3n) is 4.66. The summed E-state index contributed by atoms with van der Waals surface area (Å²) in [6.07, 6.45) is 1.60. The number of nitrogens with one attached hydrogen (secondary N) is 1. The molecule has 7 nitrogen and oxygen atoms in total. The van der Waals surface area contributed by atoms with Gasteiger partial charge in [0.1, 0.15) is 29.6 Å². The average molecular weight is 402 g/mol. The molecular formula is C23H22N4O3. The molecule has 152 valence electrons. The van der Waals surface area contributed by atoms with Crippen LogP contribution >= 0.6 is 0 Å². The van der Waals surface area contributed by atoms with Crippen molar-refractivity contribution in [2.24, 2.45) is 0 Å². The third kappa shape index (κ3) is 4.41. The molecule has 7 heteroatoms. The van der Waals surface area contributed by atoms with E-state index in [-0.39, 0.29) is 5.91 Å². The number of carbonyl (C=O) groups excluding carboxylic acids is 1. The maximum Gasteiger partial charge on any atom is 0.270 e. The van der Waals surface area contributed by atoms with Crippen LogP contribution in [0.1, 0.15) is 16.3 Å². The number of para-hydroxylation sites is 2. The Morgan fingerprint density at radius 3 is 2.70 bits per heavy atom. The van der Waals surface area contributed by atoms with Crippen molar-refractivity contribution in [3.8, 4) is 11.5 Å². The van der Waals surface area contributed by atoms with Gasteiger partial charge in [0.2, 0.25) is 0 Å². The number of imidazole rings is 1. The quantitative estimate of drug-likeness (QED) is 0.488. The van der Waals surface area contributed by atoms with Crippen LogP contribution in [0.3, 0.4) is 0 Å². The number of fused-ring (bicyclic) bond motifs is 1. The first-order valence-electron chi connectivity index (χ1n) is 9.65. The van der Waals surface area contributed by atoms with Gasteiger partial charge in [-0.1, -0.05) is 24.3 Å². The fraction of sp³-hybridized carbons (Fsp3) is 0.174. The van der Waals surface area contributed by atoms with E-state index in [1.807, 2.05) is 48.5 Å². The van der Waals surface area contributed by atoms with E-state index < -0.39 is 0 Å². The second-order valence-electron chi connectivity index (χ2n) is 6.59. The molecule has 4 rings (SSSR count). The Labute approximate surface area is 174 Å². The summed E-state index contributed by atoms with van der Waals surface area (Å²) in [6, 6.07) is 20.6. The van der Waals surface area contributed by atoms with Crippen molar-refractivity contribution in [3.05, 3.63) is 84.4 Å². The molecule has 0 unspecified atom stereocenters. The van der Waals surface area contributed by atoms with Crippen LogP contribution in [0.2, 0.25) is 0 Å². The lowest BCUT2D eigenvalue weighted by atomic mass is 10.3. The van der Waals surface area contributed by atoms with Gasteiger partial charge in [0.25, 0.3) is 5.91 Å². The Hall–Kier alpha value is -3.87. The highest BCUT2D eigenvalue weighted by Crippen LogP contribution is 2.20. The number of pyridine rings is 1. The van der Waals surface area contributed by atoms with Crippen LogP contribution in [-0.4, -0.2) is 34.2 Å². The fourth-order valence-electron chi connectivity index (χ4n) is 3.20. The van der Waals surface area contributed by atoms with Crippen LogP contribution in [0, 0.1) is 0 Å². The minimum atomic E-state index is -0.234. The summed E-state index contributed by atoms with van der Waals surface area (Å²) in [7, 11) is 1.63. The van der Waals surface area contributed by atoms with Crippen molar-refractivity contribution in [1.82, 2.24) is 19.9 Å². The maximum absolute atomic E-state index is 12.4. The van der Waals surface area contributed by atoms with Gasteiger partial charge in [0.15, 0.2) is 0 Å². The molecule has 0 radical (unpaired) electrons. The van der Waals surface area contributed by atoms with E-state index in [9.17, 15) is 4.79 Å². The molecule has 2 heterocycles. The van der Waals surface area contributed by atoms with Gasteiger partial charge in [-0.25, -0.2) is 4.98 Å². The minimum Gasteiger partial charge on any atom is -0.497 e. The first-order valence-corrected chi connectivity index (χ1v) is 9.65. The monoisotopic (exact) mass is 402 g/mol. The van der Waals surface area contributed by atoms with Gasteiger partial charge in [-0.05, 0) is 36.4 Å². The molecule has 1 N–H and O–H groups in total. The second-order valence-corrected chi connectivity index (χ2v) is 6.59. The van der Waals surface area contributed by atoms with Gasteiger partial charge < -0.3 is 19.4 Å². The largest absolute Gasteiger partial charge is 0.497 e. The molecule has 2 aromatic carbocycles. The molecule has 0 fully saturated rings. The van der Waals surface area contributed by atoms with Crippen LogP contribution in [0.25, 0.3) is 11.0 Å². The molecule has 0 aliphatic carbocycles. The van der Waals surface area contributed by atoms with Gasteiger partial charge >= 0.3 is 0 Å². The lowest BCUT2D eigenvalue weighted by Crippen LogP contribution is -2.26. The van der Waals surface area contributed by atoms with Crippen molar-refractivity contribution in [2.75, 3.05) is 13.7 Å². The zero-order valence-electron chi connectivity index (χ0n) is 16.6. The summed E-state index contributed by atoms with van der Waals surface area (Å²) in [6.45, 7) is 1.34. The van der Waals surface area contributed by atoms with Gasteiger partial charge in [-0.2, -0.15) is 0 Å². The fourth-order valence-corrected chi connectivity index (χ4v) is 3.20. The summed E-state index contributed by atoms with van der Waals surface area (Å²) >= 11 is 0. The molecule has 30 heavy (non-hydrogen) atoms. The molecule has 1 amide bonds. The van der Waals surface area contributed by atoms with E-state index in [2.05, 4.69) is 19.9 Å². The Bertz CT molecular complexity index is 1140. The number of hydrogen-bond acceptors (Lipinski definition) is 5. The third-order valence-corrected chi connectivity index (χ3v) is 4.66. The number of amides is 1. The number of hydrogen-bond donors (Lipinski definition) is 1. The number of ether oxygens (including phenoxy) is 2. The predicted octanol–water partition coefficient (Wildman–Crippen LogP) is 3.45. The molecule has 4 aromatic rings. The molecule has 0 atom stereocenters. The average Bonchev–Trinajstić information content (AvgIpc) is 3.16. The van der Waals surface area contributed by atoms with E-state index in [0.29, 0.717) is 25.4 Å². The standard InChI is InChI=1S/C23H22N4O3/c1-29-17-7-6-8-18(15-17)30-14-13-27-21-11-3-2-9-19(21)26-22(27)16-25-23(28)20-10-4-5-12-24-20/h2-12,15H,13-14,16H2,1H3,(H,25,28). The van der Waals surface area contributed by atoms with Crippen molar-refractivity contribution in [3.63, 3.8) is 0 Å². The predicted molar refractivity (Wildman–Crippen MR) is 114 cm³/mol. The van der Waals surface area contributed by atoms with E-state index in [1.165, 1.54) is 0 Å². The summed E-state index contributed by atoms with van der Waals surface area (Å²) in [5.41, 5.74) is 2.25. The highest BCUT2D eigenvalue weighted by atomic mass is 16.5. The Balaban J connectivity index is 1.48. The summed E-state index contributed by atoms with van der Waals surface area (Å²) < 4.78 is 13.2. The summed E-state index contributed by atoms with van der Waals surface area (Å²) in [4.78, 5) is 21.1. The topological polar surface area (TPSA) is 78.3 Å². The molecule has 0 aliphatic heterocycles. The van der Waals surface area contributed by atoms with Crippen molar-refractivity contribution < 1.29 is 14.3 Å². The number of methoxy groups -OCH3 is 1. The number of aromatic nitrogens is 3. The lowest BCUT2D eigenvalue weighted by molar-refractivity contribution is 0.0944. The Kier molecular flexibility index (Phi) is 5.89. The van der Waals surface area contributed by atoms with E-state index in [1.54, 1.807) is 31.5 Å². The van der Waals surface area contributed by atoms with Gasteiger partial charge in [0.05, 0.1) is 31.2 Å². The van der Waals surface area contributed by atoms with Crippen LogP contribution in [-0.2, 0) is 13.1 Å². The van der Waals surface area contributed by atoms with Gasteiger partial charge in [0, 0.05) is 12.3 Å². The molecule has 0 aliphatic rings. The van der Waals surface area contributed by atoms with E-state index in [0.717, 1.165) is 28.4 Å². The molecule has 0 saturated carbocycles. The zero-order chi connectivity index (χ0) is 20.8. The van der Waals surface area contributed by atoms with Crippen LogP contribution < -0.4 is 14.8 Å². The van der Waals surface area contributed by atoms with Gasteiger partial charge in [-0.15, -0.1) is 0 Å². The van der Waals surface area contributed by atoms with Crippen LogP contribution in [0.15, 0.2) is 72.9 Å². The van der Waals surface area contributed by atoms with Crippen molar-refractivity contribution in [1.29, 1.82) is 0 Å². The summed E-state index contributed by atoms with van der Waals surface area (Å²) in [5, 5.41) is 2.90. The van der Waals surface area contributed by atoms with Crippen LogP contribution in [0.5, 0.6) is 11.5 Å². The molecule has 2 aromatic heterocycles. The molecule has 0 bridgehead atoms. The Morgan fingerprint density at radius 1 is 1.03 bits per heavy atom. The molecule has 0 saturated heterocycles. The van der Waals surface area contributed by atoms with Crippen molar-refractivity contribution in [2.45, 2.75) is 13.1 Å². The smallest absolute Gasteiger partial charge is 0.270 e. The van der Waals surface area contributed by atoms with Crippen molar-refractivity contribution >= 4 is 16.9 Å². The minimum absolute atomic E-state index is 0.234. The number of rotatable bonds is 8. The maximum atomic E-state index is 12.4. The lowest BCUT2D eigenvalue weighted by Gasteiger charge is -2.12.